The number of carbonyl (C=O) groups is 2. The van der Waals surface area contributed by atoms with Crippen molar-refractivity contribution in [2.45, 2.75) is 6.92 Å². The lowest BCUT2D eigenvalue weighted by molar-refractivity contribution is 0.102. The van der Waals surface area contributed by atoms with Crippen molar-refractivity contribution in [1.29, 1.82) is 0 Å². The Morgan fingerprint density at radius 1 is 0.917 bits per heavy atom. The van der Waals surface area contributed by atoms with Gasteiger partial charge < -0.3 is 5.32 Å². The normalized spacial score (nSPS) is 10.6. The Morgan fingerprint density at radius 2 is 1.61 bits per heavy atom. The molecule has 0 unspecified atom stereocenters. The summed E-state index contributed by atoms with van der Waals surface area (Å²) in [7, 11) is 0. The molecule has 0 aliphatic carbocycles. The highest BCUT2D eigenvalue weighted by atomic mass is 16.1. The fourth-order valence-electron chi connectivity index (χ4n) is 3.50. The molecule has 36 heavy (non-hydrogen) atoms. The molecule has 0 saturated carbocycles. The Bertz CT molecular complexity index is 1520. The smallest absolute Gasteiger partial charge is 0.255 e. The monoisotopic (exact) mass is 475 g/mol. The van der Waals surface area contributed by atoms with Crippen LogP contribution < -0.4 is 5.32 Å². The number of fused-ring (bicyclic) bond motifs is 1. The van der Waals surface area contributed by atoms with Gasteiger partial charge in [0.2, 0.25) is 0 Å². The minimum atomic E-state index is -0.229. The molecule has 2 N–H and O–H groups in total. The number of allylic oxidation sites excluding steroid dienone is 1. The number of carbonyl (C=O) groups excluding carboxylic acids is 2. The van der Waals surface area contributed by atoms with Crippen LogP contribution in [0.5, 0.6) is 0 Å². The van der Waals surface area contributed by atoms with Crippen molar-refractivity contribution in [1.82, 2.24) is 14.9 Å². The van der Waals surface area contributed by atoms with E-state index in [1.165, 1.54) is 0 Å². The quantitative estimate of drug-likeness (QED) is 0.181. The largest absolute Gasteiger partial charge is 0.322 e. The summed E-state index contributed by atoms with van der Waals surface area (Å²) >= 11 is 0. The third kappa shape index (κ3) is 5.71. The number of aromatic nitrogens is 3. The lowest BCUT2D eigenvalue weighted by Gasteiger charge is -2.07. The van der Waals surface area contributed by atoms with Gasteiger partial charge in [-0.05, 0) is 55.5 Å². The molecule has 0 saturated heterocycles. The highest BCUT2D eigenvalue weighted by Crippen LogP contribution is 2.21. The van der Waals surface area contributed by atoms with E-state index in [1.54, 1.807) is 77.6 Å². The van der Waals surface area contributed by atoms with Crippen LogP contribution in [-0.4, -0.2) is 32.8 Å². The van der Waals surface area contributed by atoms with Crippen LogP contribution in [0.4, 0.5) is 5.69 Å². The Hall–Kier alpha value is -5.04. The maximum Gasteiger partial charge on any atom is 0.255 e. The molecule has 0 aliphatic rings. The van der Waals surface area contributed by atoms with Gasteiger partial charge in [0.05, 0.1) is 17.4 Å². The Labute approximate surface area is 208 Å². The topological polar surface area (TPSA) is 92.1 Å². The first-order valence-electron chi connectivity index (χ1n) is 11.3. The van der Waals surface area contributed by atoms with E-state index in [-0.39, 0.29) is 11.7 Å². The second-order valence-electron chi connectivity index (χ2n) is 7.82. The number of ketones is 1. The van der Waals surface area contributed by atoms with Gasteiger partial charge in [-0.3, -0.25) is 14.7 Å². The Balaban J connectivity index is 0.000000967. The first-order valence-corrected chi connectivity index (χ1v) is 11.3. The van der Waals surface area contributed by atoms with Crippen LogP contribution in [0.15, 0.2) is 115 Å². The molecule has 2 heterocycles. The predicted molar refractivity (Wildman–Crippen MR) is 144 cm³/mol. The average molecular weight is 476 g/mol. The molecule has 0 fully saturated rings. The van der Waals surface area contributed by atoms with Gasteiger partial charge in [-0.1, -0.05) is 42.5 Å². The van der Waals surface area contributed by atoms with Crippen LogP contribution in [-0.2, 0) is 0 Å². The van der Waals surface area contributed by atoms with Crippen molar-refractivity contribution < 1.29 is 9.59 Å². The van der Waals surface area contributed by atoms with E-state index in [1.807, 2.05) is 43.6 Å². The summed E-state index contributed by atoms with van der Waals surface area (Å²) in [6, 6.07) is 25.0. The molecule has 0 bridgehead atoms. The van der Waals surface area contributed by atoms with Crippen LogP contribution in [0.1, 0.15) is 38.9 Å². The summed E-state index contributed by atoms with van der Waals surface area (Å²) < 4.78 is 1.69. The molecule has 5 rings (SSSR count). The number of hydrogen-bond donors (Lipinski definition) is 2. The molecule has 2 aromatic heterocycles. The molecule has 7 heteroatoms. The average Bonchev–Trinajstić information content (AvgIpc) is 3.58. The van der Waals surface area contributed by atoms with Crippen LogP contribution >= 0.6 is 0 Å². The maximum atomic E-state index is 13.1. The summed E-state index contributed by atoms with van der Waals surface area (Å²) in [6.07, 6.45) is 7.11. The highest BCUT2D eigenvalue weighted by molar-refractivity contribution is 6.12. The van der Waals surface area contributed by atoms with Crippen LogP contribution in [0, 0.1) is 0 Å². The van der Waals surface area contributed by atoms with Crippen LogP contribution in [0.25, 0.3) is 10.9 Å². The van der Waals surface area contributed by atoms with E-state index in [4.69, 9.17) is 0 Å². The van der Waals surface area contributed by atoms with Gasteiger partial charge in [0.25, 0.3) is 5.91 Å². The molecule has 1 amide bonds. The number of nitrogens with zero attached hydrogens (tertiary/aromatic N) is 3. The first kappa shape index (κ1) is 24.1. The molecule has 178 valence electrons. The number of anilines is 1. The summed E-state index contributed by atoms with van der Waals surface area (Å²) in [4.78, 5) is 25.5. The van der Waals surface area contributed by atoms with Crippen LogP contribution in [0.3, 0.4) is 0 Å². The van der Waals surface area contributed by atoms with Gasteiger partial charge in [0.1, 0.15) is 0 Å². The second kappa shape index (κ2) is 11.4. The molecule has 7 nitrogen and oxygen atoms in total. The molecule has 0 aliphatic heterocycles. The Kier molecular flexibility index (Phi) is 7.63. The van der Waals surface area contributed by atoms with Crippen molar-refractivity contribution in [2.75, 3.05) is 5.32 Å². The molecular formula is C29H25N5O2. The Morgan fingerprint density at radius 3 is 2.36 bits per heavy atom. The number of benzene rings is 3. The van der Waals surface area contributed by atoms with E-state index >= 15 is 0 Å². The lowest BCUT2D eigenvalue weighted by atomic mass is 10.0. The number of amides is 1. The van der Waals surface area contributed by atoms with Crippen molar-refractivity contribution in [3.8, 4) is 0 Å². The summed E-state index contributed by atoms with van der Waals surface area (Å²) in [5.41, 5.74) is 3.51. The third-order valence-electron chi connectivity index (χ3n) is 5.17. The SMILES string of the molecule is C=CC.O=C(Nc1cccc(C(=O)c2ccc3c(/C=N/n4cccc4)[nH]nc3c2)c1)c1ccccc1. The number of hydrogen-bond acceptors (Lipinski definition) is 4. The molecule has 5 aromatic rings. The number of nitrogens with one attached hydrogen (secondary N) is 2. The zero-order chi connectivity index (χ0) is 25.3. The predicted octanol–water partition coefficient (Wildman–Crippen LogP) is 5.92. The molecular weight excluding hydrogens is 450 g/mol. The van der Waals surface area contributed by atoms with Gasteiger partial charge >= 0.3 is 0 Å². The first-order chi connectivity index (χ1) is 17.6. The van der Waals surface area contributed by atoms with Gasteiger partial charge in [-0.2, -0.15) is 10.2 Å². The fourth-order valence-corrected chi connectivity index (χ4v) is 3.50. The fraction of sp³-hybridized carbons (Fsp3) is 0.0345. The molecule has 0 atom stereocenters. The molecule has 3 aromatic carbocycles. The van der Waals surface area contributed by atoms with Crippen molar-refractivity contribution in [3.05, 3.63) is 132 Å². The third-order valence-corrected chi connectivity index (χ3v) is 5.17. The summed E-state index contributed by atoms with van der Waals surface area (Å²) in [5.74, 6) is -0.384. The van der Waals surface area contributed by atoms with Crippen molar-refractivity contribution in [3.63, 3.8) is 0 Å². The number of rotatable bonds is 6. The van der Waals surface area contributed by atoms with E-state index in [9.17, 15) is 9.59 Å². The minimum absolute atomic E-state index is 0.154. The van der Waals surface area contributed by atoms with Crippen molar-refractivity contribution in [2.24, 2.45) is 5.10 Å². The minimum Gasteiger partial charge on any atom is -0.322 e. The second-order valence-corrected chi connectivity index (χ2v) is 7.82. The van der Waals surface area contributed by atoms with Gasteiger partial charge in [-0.25, -0.2) is 4.68 Å². The van der Waals surface area contributed by atoms with Gasteiger partial charge in [0, 0.05) is 40.2 Å². The summed E-state index contributed by atoms with van der Waals surface area (Å²) in [6.45, 7) is 5.25. The molecule has 0 radical (unpaired) electrons. The highest BCUT2D eigenvalue weighted by Gasteiger charge is 2.13. The summed E-state index contributed by atoms with van der Waals surface area (Å²) in [5, 5.41) is 15.3. The van der Waals surface area contributed by atoms with Crippen LogP contribution in [0.2, 0.25) is 0 Å². The number of aromatic amines is 1. The zero-order valence-corrected chi connectivity index (χ0v) is 19.8. The van der Waals surface area contributed by atoms with E-state index < -0.39 is 0 Å². The van der Waals surface area contributed by atoms with E-state index in [0.29, 0.717) is 27.9 Å². The lowest BCUT2D eigenvalue weighted by Crippen LogP contribution is -2.12. The maximum absolute atomic E-state index is 13.1. The zero-order valence-electron chi connectivity index (χ0n) is 19.8. The number of H-pyrrole nitrogens is 1. The standard InChI is InChI=1S/C26H19N5O2.C3H6/c32-25(19-9-6-10-21(15-19)28-26(33)18-7-2-1-3-8-18)20-11-12-22-23(16-20)29-30-24(22)17-27-31-13-4-5-14-31;1-3-2/h1-17H,(H,28,33)(H,29,30);3H,1H2,2H3/b27-17+;. The van der Waals surface area contributed by atoms with Gasteiger partial charge in [-0.15, -0.1) is 6.58 Å². The van der Waals surface area contributed by atoms with E-state index in [0.717, 1.165) is 11.1 Å². The van der Waals surface area contributed by atoms with E-state index in [2.05, 4.69) is 27.2 Å². The van der Waals surface area contributed by atoms with Gasteiger partial charge in [0.15, 0.2) is 5.78 Å². The molecule has 0 spiro atoms. The van der Waals surface area contributed by atoms with Crippen molar-refractivity contribution >= 4 is 34.5 Å².